The summed E-state index contributed by atoms with van der Waals surface area (Å²) in [5, 5.41) is 15.4. The minimum absolute atomic E-state index is 0.322. The molecule has 168 valence electrons. The van der Waals surface area contributed by atoms with E-state index in [0.29, 0.717) is 28.4 Å². The molecule has 4 aromatic rings. The summed E-state index contributed by atoms with van der Waals surface area (Å²) in [6, 6.07) is 19.6. The van der Waals surface area contributed by atoms with Gasteiger partial charge in [0.15, 0.2) is 6.29 Å². The van der Waals surface area contributed by atoms with E-state index in [0.717, 1.165) is 16.9 Å². The van der Waals surface area contributed by atoms with E-state index < -0.39 is 6.29 Å². The monoisotopic (exact) mass is 444 g/mol. The van der Waals surface area contributed by atoms with Gasteiger partial charge in [-0.2, -0.15) is 0 Å². The molecule has 0 saturated carbocycles. The third-order valence-electron chi connectivity index (χ3n) is 4.84. The molecule has 0 saturated heterocycles. The number of aliphatic hydroxyl groups excluding tert-OH is 1. The molecule has 0 aliphatic carbocycles. The Bertz CT molecular complexity index is 1240. The SMILES string of the molecule is COC(O)c1c[nH]c(-c2cc(Oc3ccc(NC(=O)Nc4cccc(C)c4)cc3)ccn2)c1. The van der Waals surface area contributed by atoms with Crippen LogP contribution in [0, 0.1) is 6.92 Å². The number of aromatic nitrogens is 2. The zero-order chi connectivity index (χ0) is 23.2. The largest absolute Gasteiger partial charge is 0.457 e. The number of nitrogens with zero attached hydrogens (tertiary/aromatic N) is 1. The third-order valence-corrected chi connectivity index (χ3v) is 4.84. The number of amides is 2. The standard InChI is InChI=1S/C25H24N4O4/c1-16-4-3-5-19(12-16)29-25(31)28-18-6-8-20(9-7-18)33-21-10-11-26-23(14-21)22-13-17(15-27-22)24(30)32-2/h3-15,24,27,30H,1-2H3,(H2,28,29,31). The Labute approximate surface area is 191 Å². The Balaban J connectivity index is 1.38. The molecule has 2 aromatic heterocycles. The van der Waals surface area contributed by atoms with Gasteiger partial charge in [0.1, 0.15) is 11.5 Å². The van der Waals surface area contributed by atoms with Crippen LogP contribution in [0.3, 0.4) is 0 Å². The molecule has 2 amide bonds. The summed E-state index contributed by atoms with van der Waals surface area (Å²) in [5.41, 5.74) is 4.43. The highest BCUT2D eigenvalue weighted by Gasteiger charge is 2.11. The number of benzene rings is 2. The second-order valence-electron chi connectivity index (χ2n) is 7.39. The van der Waals surface area contributed by atoms with Gasteiger partial charge in [-0.05, 0) is 61.0 Å². The van der Waals surface area contributed by atoms with Crippen LogP contribution < -0.4 is 15.4 Å². The van der Waals surface area contributed by atoms with Crippen molar-refractivity contribution in [1.82, 2.24) is 9.97 Å². The lowest BCUT2D eigenvalue weighted by atomic mass is 10.2. The molecule has 0 spiro atoms. The first-order valence-electron chi connectivity index (χ1n) is 10.3. The fraction of sp³-hybridized carbons (Fsp3) is 0.120. The van der Waals surface area contributed by atoms with Gasteiger partial charge in [-0.15, -0.1) is 0 Å². The number of carbonyl (C=O) groups excluding carboxylic acids is 1. The second-order valence-corrected chi connectivity index (χ2v) is 7.39. The Morgan fingerprint density at radius 1 is 1.00 bits per heavy atom. The highest BCUT2D eigenvalue weighted by atomic mass is 16.6. The van der Waals surface area contributed by atoms with Gasteiger partial charge in [-0.3, -0.25) is 4.98 Å². The number of H-pyrrole nitrogens is 1. The van der Waals surface area contributed by atoms with Crippen molar-refractivity contribution in [2.75, 3.05) is 17.7 Å². The van der Waals surface area contributed by atoms with Gasteiger partial charge in [0, 0.05) is 42.5 Å². The van der Waals surface area contributed by atoms with Crippen LogP contribution in [-0.2, 0) is 4.74 Å². The molecule has 0 bridgehead atoms. The number of pyridine rings is 1. The number of aryl methyl sites for hydroxylation is 1. The summed E-state index contributed by atoms with van der Waals surface area (Å²) in [6.45, 7) is 1.97. The molecule has 0 aliphatic heterocycles. The van der Waals surface area contributed by atoms with Gasteiger partial charge in [0.05, 0.1) is 11.4 Å². The summed E-state index contributed by atoms with van der Waals surface area (Å²) < 4.78 is 10.8. The van der Waals surface area contributed by atoms with Crippen LogP contribution in [-0.4, -0.2) is 28.2 Å². The van der Waals surface area contributed by atoms with E-state index in [1.165, 1.54) is 7.11 Å². The Morgan fingerprint density at radius 3 is 2.55 bits per heavy atom. The summed E-state index contributed by atoms with van der Waals surface area (Å²) >= 11 is 0. The van der Waals surface area contributed by atoms with E-state index in [4.69, 9.17) is 9.47 Å². The smallest absolute Gasteiger partial charge is 0.323 e. The van der Waals surface area contributed by atoms with Gasteiger partial charge in [0.25, 0.3) is 0 Å². The number of anilines is 2. The molecule has 0 aliphatic rings. The number of nitrogens with one attached hydrogen (secondary N) is 3. The number of hydrogen-bond donors (Lipinski definition) is 4. The number of rotatable bonds is 7. The lowest BCUT2D eigenvalue weighted by Crippen LogP contribution is -2.19. The maximum absolute atomic E-state index is 12.2. The Morgan fingerprint density at radius 2 is 1.79 bits per heavy atom. The quantitative estimate of drug-likeness (QED) is 0.283. The number of urea groups is 1. The molecular weight excluding hydrogens is 420 g/mol. The van der Waals surface area contributed by atoms with Crippen molar-refractivity contribution < 1.29 is 19.4 Å². The maximum Gasteiger partial charge on any atom is 0.323 e. The van der Waals surface area contributed by atoms with E-state index in [2.05, 4.69) is 20.6 Å². The number of aromatic amines is 1. The number of aliphatic hydroxyl groups is 1. The summed E-state index contributed by atoms with van der Waals surface area (Å²) in [5.74, 6) is 1.21. The van der Waals surface area contributed by atoms with Gasteiger partial charge >= 0.3 is 6.03 Å². The topological polar surface area (TPSA) is 109 Å². The first kappa shape index (κ1) is 22.1. The van der Waals surface area contributed by atoms with Crippen molar-refractivity contribution in [3.63, 3.8) is 0 Å². The molecule has 1 atom stereocenters. The van der Waals surface area contributed by atoms with E-state index in [1.54, 1.807) is 54.9 Å². The molecule has 0 fully saturated rings. The fourth-order valence-electron chi connectivity index (χ4n) is 3.22. The van der Waals surface area contributed by atoms with Crippen molar-refractivity contribution in [2.45, 2.75) is 13.2 Å². The van der Waals surface area contributed by atoms with Crippen molar-refractivity contribution in [2.24, 2.45) is 0 Å². The number of carbonyl (C=O) groups is 1. The van der Waals surface area contributed by atoms with E-state index >= 15 is 0 Å². The minimum Gasteiger partial charge on any atom is -0.457 e. The van der Waals surface area contributed by atoms with E-state index in [9.17, 15) is 9.90 Å². The van der Waals surface area contributed by atoms with Crippen LogP contribution in [0.25, 0.3) is 11.4 Å². The molecule has 8 nitrogen and oxygen atoms in total. The molecule has 8 heteroatoms. The highest BCUT2D eigenvalue weighted by molar-refractivity contribution is 5.99. The van der Waals surface area contributed by atoms with E-state index in [-0.39, 0.29) is 6.03 Å². The molecular formula is C25H24N4O4. The molecule has 33 heavy (non-hydrogen) atoms. The van der Waals surface area contributed by atoms with Crippen LogP contribution in [0.2, 0.25) is 0 Å². The summed E-state index contributed by atoms with van der Waals surface area (Å²) in [4.78, 5) is 19.6. The van der Waals surface area contributed by atoms with Gasteiger partial charge < -0.3 is 30.2 Å². The molecule has 4 rings (SSSR count). The zero-order valence-corrected chi connectivity index (χ0v) is 18.2. The average Bonchev–Trinajstić information content (AvgIpc) is 3.30. The number of methoxy groups -OCH3 is 1. The van der Waals surface area contributed by atoms with Crippen molar-refractivity contribution >= 4 is 17.4 Å². The summed E-state index contributed by atoms with van der Waals surface area (Å²) in [6.07, 6.45) is 2.31. The molecule has 2 heterocycles. The van der Waals surface area contributed by atoms with Gasteiger partial charge in [-0.25, -0.2) is 4.79 Å². The Kier molecular flexibility index (Phi) is 6.68. The fourth-order valence-corrected chi connectivity index (χ4v) is 3.22. The summed E-state index contributed by atoms with van der Waals surface area (Å²) in [7, 11) is 1.43. The van der Waals surface area contributed by atoms with Crippen LogP contribution >= 0.6 is 0 Å². The van der Waals surface area contributed by atoms with Crippen molar-refractivity contribution in [1.29, 1.82) is 0 Å². The van der Waals surface area contributed by atoms with Crippen LogP contribution in [0.15, 0.2) is 79.1 Å². The predicted molar refractivity (Wildman–Crippen MR) is 126 cm³/mol. The van der Waals surface area contributed by atoms with E-state index in [1.807, 2.05) is 31.2 Å². The second kappa shape index (κ2) is 9.99. The first-order valence-corrected chi connectivity index (χ1v) is 10.3. The van der Waals surface area contributed by atoms with Crippen LogP contribution in [0.4, 0.5) is 16.2 Å². The molecule has 0 radical (unpaired) electrons. The van der Waals surface area contributed by atoms with Gasteiger partial charge in [0.2, 0.25) is 0 Å². The number of hydrogen-bond acceptors (Lipinski definition) is 5. The maximum atomic E-state index is 12.2. The van der Waals surface area contributed by atoms with Crippen molar-refractivity contribution in [3.05, 3.63) is 90.3 Å². The van der Waals surface area contributed by atoms with Crippen LogP contribution in [0.1, 0.15) is 17.4 Å². The Hall–Kier alpha value is -4.14. The van der Waals surface area contributed by atoms with Crippen molar-refractivity contribution in [3.8, 4) is 22.9 Å². The average molecular weight is 444 g/mol. The first-order chi connectivity index (χ1) is 16.0. The minimum atomic E-state index is -1.000. The van der Waals surface area contributed by atoms with Crippen LogP contribution in [0.5, 0.6) is 11.5 Å². The normalized spacial score (nSPS) is 11.6. The zero-order valence-electron chi connectivity index (χ0n) is 18.2. The molecule has 4 N–H and O–H groups in total. The lowest BCUT2D eigenvalue weighted by Gasteiger charge is -2.10. The number of ether oxygens (including phenoxy) is 2. The molecule has 1 unspecified atom stereocenters. The van der Waals surface area contributed by atoms with Gasteiger partial charge in [-0.1, -0.05) is 12.1 Å². The highest BCUT2D eigenvalue weighted by Crippen LogP contribution is 2.27. The molecule has 2 aromatic carbocycles. The predicted octanol–water partition coefficient (Wildman–Crippen LogP) is 5.46. The third kappa shape index (κ3) is 5.76. The lowest BCUT2D eigenvalue weighted by molar-refractivity contribution is -0.0768.